The second kappa shape index (κ2) is 17.1. The quantitative estimate of drug-likeness (QED) is 0.0885. The van der Waals surface area contributed by atoms with Gasteiger partial charge in [-0.25, -0.2) is 23.1 Å². The highest BCUT2D eigenvalue weighted by molar-refractivity contribution is 5.91. The fourth-order valence-corrected chi connectivity index (χ4v) is 8.20. The average Bonchev–Trinajstić information content (AvgIpc) is 3.72. The number of rotatable bonds is 17. The zero-order chi connectivity index (χ0) is 35.0. The van der Waals surface area contributed by atoms with Crippen molar-refractivity contribution < 1.29 is 17.9 Å². The van der Waals surface area contributed by atoms with Crippen LogP contribution in [0, 0.1) is 17.5 Å². The molecule has 3 aromatic rings. The molecule has 3 aliphatic heterocycles. The van der Waals surface area contributed by atoms with Crippen molar-refractivity contribution in [2.75, 3.05) is 44.3 Å². The number of piperazine rings is 1. The highest BCUT2D eigenvalue weighted by Crippen LogP contribution is 2.34. The lowest BCUT2D eigenvalue weighted by Crippen LogP contribution is -2.51. The summed E-state index contributed by atoms with van der Waals surface area (Å²) in [6.07, 6.45) is 15.8. The Labute approximate surface area is 295 Å². The molecule has 0 spiro atoms. The van der Waals surface area contributed by atoms with Crippen LogP contribution in [0.25, 0.3) is 17.0 Å². The number of ether oxygens (including phenoxy) is 1. The highest BCUT2D eigenvalue weighted by atomic mass is 19.1. The third-order valence-corrected chi connectivity index (χ3v) is 10.7. The fraction of sp³-hybridized carbons (Fsp3) is 0.512. The summed E-state index contributed by atoms with van der Waals surface area (Å²) in [6.45, 7) is 14.4. The summed E-state index contributed by atoms with van der Waals surface area (Å²) in [5.41, 5.74) is 2.31. The molecule has 3 saturated heterocycles. The molecular formula is C41H52F3N5O. The van der Waals surface area contributed by atoms with Gasteiger partial charge < -0.3 is 19.9 Å². The van der Waals surface area contributed by atoms with Crippen LogP contribution >= 0.6 is 0 Å². The van der Waals surface area contributed by atoms with Gasteiger partial charge in [0, 0.05) is 68.3 Å². The summed E-state index contributed by atoms with van der Waals surface area (Å²) in [4.78, 5) is 14.6. The van der Waals surface area contributed by atoms with Gasteiger partial charge in [0.15, 0.2) is 5.82 Å². The molecule has 2 unspecified atom stereocenters. The molecule has 0 radical (unpaired) electrons. The molecule has 0 aliphatic carbocycles. The van der Waals surface area contributed by atoms with Crippen LogP contribution in [0.15, 0.2) is 49.6 Å². The maximum atomic E-state index is 16.7. The monoisotopic (exact) mass is 687 g/mol. The van der Waals surface area contributed by atoms with Gasteiger partial charge in [-0.05, 0) is 99.6 Å². The second-order valence-corrected chi connectivity index (χ2v) is 14.0. The number of hydrogen-bond donors (Lipinski definition) is 1. The average molecular weight is 688 g/mol. The van der Waals surface area contributed by atoms with Gasteiger partial charge >= 0.3 is 0 Å². The smallest absolute Gasteiger partial charge is 0.155 e. The first-order valence-electron chi connectivity index (χ1n) is 18.6. The summed E-state index contributed by atoms with van der Waals surface area (Å²) in [6, 6.07) is 5.69. The highest BCUT2D eigenvalue weighted by Gasteiger charge is 2.34. The Hall–Kier alpha value is -3.53. The summed E-state index contributed by atoms with van der Waals surface area (Å²) < 4.78 is 53.2. The van der Waals surface area contributed by atoms with Crippen molar-refractivity contribution in [1.82, 2.24) is 20.2 Å². The Morgan fingerprint density at radius 3 is 2.52 bits per heavy atom. The van der Waals surface area contributed by atoms with E-state index in [2.05, 4.69) is 28.3 Å². The Morgan fingerprint density at radius 2 is 1.76 bits per heavy atom. The minimum absolute atomic E-state index is 0.0178. The lowest BCUT2D eigenvalue weighted by Gasteiger charge is -2.34. The van der Waals surface area contributed by atoms with E-state index in [4.69, 9.17) is 14.7 Å². The third-order valence-electron chi connectivity index (χ3n) is 10.7. The number of anilines is 1. The molecule has 2 bridgehead atoms. The van der Waals surface area contributed by atoms with E-state index in [-0.39, 0.29) is 23.3 Å². The van der Waals surface area contributed by atoms with Crippen LogP contribution < -0.4 is 10.2 Å². The fourth-order valence-electron chi connectivity index (χ4n) is 8.20. The van der Waals surface area contributed by atoms with Gasteiger partial charge in [-0.15, -0.1) is 6.58 Å². The van der Waals surface area contributed by atoms with E-state index in [1.165, 1.54) is 12.1 Å². The van der Waals surface area contributed by atoms with Gasteiger partial charge in [0.05, 0.1) is 0 Å². The summed E-state index contributed by atoms with van der Waals surface area (Å²) in [7, 11) is 0. The van der Waals surface area contributed by atoms with Crippen LogP contribution in [0.2, 0.25) is 0 Å². The number of likely N-dealkylation sites (tertiary alicyclic amines) is 1. The SMILES string of the molecule is C=C/C=C\c1ccc(F)c(CC)c1CCc1c(F)cc2c(N3CC4CCC(C3)N4)nc(CC[C@@H]3CCCN3CCCOCCC=C)nc2c1F. The van der Waals surface area contributed by atoms with Gasteiger partial charge in [-0.1, -0.05) is 43.9 Å². The van der Waals surface area contributed by atoms with Crippen molar-refractivity contribution in [3.63, 3.8) is 0 Å². The maximum Gasteiger partial charge on any atom is 0.155 e. The molecule has 3 aliphatic rings. The van der Waals surface area contributed by atoms with Crippen molar-refractivity contribution in [3.05, 3.63) is 95.1 Å². The maximum absolute atomic E-state index is 16.7. The second-order valence-electron chi connectivity index (χ2n) is 14.0. The van der Waals surface area contributed by atoms with Gasteiger partial charge in [-0.2, -0.15) is 0 Å². The molecule has 268 valence electrons. The Balaban J connectivity index is 1.27. The Bertz CT molecular complexity index is 1680. The van der Waals surface area contributed by atoms with Crippen LogP contribution in [0.1, 0.15) is 79.9 Å². The molecule has 1 aromatic heterocycles. The van der Waals surface area contributed by atoms with Crippen LogP contribution in [0.4, 0.5) is 19.0 Å². The van der Waals surface area contributed by atoms with Crippen LogP contribution in [0.3, 0.4) is 0 Å². The third kappa shape index (κ3) is 8.32. The van der Waals surface area contributed by atoms with E-state index < -0.39 is 11.6 Å². The molecule has 0 amide bonds. The summed E-state index contributed by atoms with van der Waals surface area (Å²) in [5.74, 6) is -0.326. The number of nitrogens with zero attached hydrogens (tertiary/aromatic N) is 4. The minimum Gasteiger partial charge on any atom is -0.381 e. The van der Waals surface area contributed by atoms with Crippen molar-refractivity contribution in [2.24, 2.45) is 0 Å². The number of allylic oxidation sites excluding steroid dienone is 2. The normalized spacial score (nSPS) is 20.8. The van der Waals surface area contributed by atoms with Crippen molar-refractivity contribution in [3.8, 4) is 0 Å². The molecular weight excluding hydrogens is 635 g/mol. The Kier molecular flexibility index (Phi) is 12.4. The van der Waals surface area contributed by atoms with Crippen molar-refractivity contribution in [2.45, 2.75) is 95.7 Å². The van der Waals surface area contributed by atoms with E-state index in [9.17, 15) is 4.39 Å². The summed E-state index contributed by atoms with van der Waals surface area (Å²) in [5, 5.41) is 4.08. The van der Waals surface area contributed by atoms with Gasteiger partial charge in [0.2, 0.25) is 0 Å². The van der Waals surface area contributed by atoms with Gasteiger partial charge in [0.25, 0.3) is 0 Å². The lowest BCUT2D eigenvalue weighted by atomic mass is 9.92. The minimum atomic E-state index is -0.639. The Morgan fingerprint density at radius 1 is 0.960 bits per heavy atom. The molecule has 0 saturated carbocycles. The van der Waals surface area contributed by atoms with Gasteiger partial charge in [0.1, 0.15) is 28.8 Å². The molecule has 3 atom stereocenters. The molecule has 4 heterocycles. The molecule has 6 rings (SSSR count). The first kappa shape index (κ1) is 36.3. The first-order valence-corrected chi connectivity index (χ1v) is 18.6. The van der Waals surface area contributed by atoms with Crippen LogP contribution in [-0.4, -0.2) is 72.4 Å². The van der Waals surface area contributed by atoms with E-state index in [1.807, 2.05) is 19.1 Å². The predicted molar refractivity (Wildman–Crippen MR) is 197 cm³/mol. The van der Waals surface area contributed by atoms with Gasteiger partial charge in [-0.3, -0.25) is 0 Å². The van der Waals surface area contributed by atoms with Crippen molar-refractivity contribution >= 4 is 22.8 Å². The molecule has 1 N–H and O–H groups in total. The molecule has 50 heavy (non-hydrogen) atoms. The summed E-state index contributed by atoms with van der Waals surface area (Å²) >= 11 is 0. The van der Waals surface area contributed by atoms with Crippen LogP contribution in [0.5, 0.6) is 0 Å². The number of halogens is 3. The van der Waals surface area contributed by atoms with E-state index >= 15 is 8.78 Å². The standard InChI is InChI=1S/C41H52F3N5O/c1-4-7-11-28-13-19-36(42)32(6-3)33(28)17-18-34-37(43)25-35-40(39(34)44)46-38(47-41(35)49-26-29-14-15-30(27-49)45-29)20-16-31-12-9-21-48(31)22-10-24-50-23-8-5-2/h4-5,7,11,13,19,25,29-31,45H,1-2,6,8-10,12,14-18,20-24,26-27H2,3H3/b11-7-/t29?,30?,31-/m0/s1. The van der Waals surface area contributed by atoms with Crippen LogP contribution in [-0.2, 0) is 30.4 Å². The zero-order valence-electron chi connectivity index (χ0n) is 29.5. The molecule has 2 aromatic carbocycles. The number of benzene rings is 2. The lowest BCUT2D eigenvalue weighted by molar-refractivity contribution is 0.121. The number of nitrogens with one attached hydrogen (secondary N) is 1. The number of aryl methyl sites for hydroxylation is 1. The molecule has 9 heteroatoms. The zero-order valence-corrected chi connectivity index (χ0v) is 29.5. The number of aromatic nitrogens is 2. The number of fused-ring (bicyclic) bond motifs is 3. The van der Waals surface area contributed by atoms with E-state index in [0.717, 1.165) is 88.9 Å². The van der Waals surface area contributed by atoms with E-state index in [0.29, 0.717) is 66.6 Å². The molecule has 6 nitrogen and oxygen atoms in total. The topological polar surface area (TPSA) is 53.5 Å². The largest absolute Gasteiger partial charge is 0.381 e. The number of hydrogen-bond acceptors (Lipinski definition) is 6. The molecule has 3 fully saturated rings. The van der Waals surface area contributed by atoms with E-state index in [1.54, 1.807) is 18.2 Å². The first-order chi connectivity index (χ1) is 24.4. The van der Waals surface area contributed by atoms with Crippen molar-refractivity contribution in [1.29, 1.82) is 0 Å². The predicted octanol–water partition coefficient (Wildman–Crippen LogP) is 7.91.